The molecule has 8 rings (SSSR count). The molecule has 5 heteroatoms. The van der Waals surface area contributed by atoms with Gasteiger partial charge in [0, 0.05) is 38.5 Å². The number of hydrogen-bond acceptors (Lipinski definition) is 3. The van der Waals surface area contributed by atoms with Crippen LogP contribution in [0.4, 0.5) is 0 Å². The van der Waals surface area contributed by atoms with Gasteiger partial charge >= 0.3 is 0 Å². The van der Waals surface area contributed by atoms with Gasteiger partial charge in [0.25, 0.3) is 0 Å². The Morgan fingerprint density at radius 2 is 1.22 bits per heavy atom. The van der Waals surface area contributed by atoms with Crippen molar-refractivity contribution in [1.29, 1.82) is 0 Å². The molecular weight excluding hydrogens is 806 g/mol. The van der Waals surface area contributed by atoms with Crippen LogP contribution in [0.2, 0.25) is 0 Å². The van der Waals surface area contributed by atoms with Crippen LogP contribution in [-0.4, -0.2) is 19.6 Å². The molecule has 0 spiro atoms. The molecular formula is C46H36N3OPt-. The maximum atomic E-state index is 11.2. The smallest absolute Gasteiger partial charge is 0.148 e. The average molecular weight is 842 g/mol. The van der Waals surface area contributed by atoms with Gasteiger partial charge in [0.15, 0.2) is 0 Å². The second-order valence-electron chi connectivity index (χ2n) is 13.6. The summed E-state index contributed by atoms with van der Waals surface area (Å²) in [5.74, 6) is 0.842. The standard InChI is InChI=1S/C46H36N3O.Pt/c1-46(2,3)36-28-34(27-35(29-36)40-30-33(25-26-47-40)31-15-6-4-7-16-31)38-21-14-23-42-44(38)48-45(39-20-11-13-24-43(39)50)49(42)41-22-12-10-19-37(41)32-17-8-5-9-18-32;/h4-26,28-30,50H,1-3H3;/q-1;. The molecule has 0 saturated carbocycles. The molecule has 0 unspecified atom stereocenters. The topological polar surface area (TPSA) is 50.9 Å². The fourth-order valence-corrected chi connectivity index (χ4v) is 6.61. The predicted molar refractivity (Wildman–Crippen MR) is 205 cm³/mol. The number of phenolic OH excluding ortho intramolecular Hbond substituents is 1. The molecule has 2 aromatic heterocycles. The van der Waals surface area contributed by atoms with Crippen molar-refractivity contribution in [3.8, 4) is 67.5 Å². The third-order valence-corrected chi connectivity index (χ3v) is 9.23. The predicted octanol–water partition coefficient (Wildman–Crippen LogP) is 11.6. The molecule has 2 heterocycles. The number of rotatable bonds is 6. The summed E-state index contributed by atoms with van der Waals surface area (Å²) in [4.78, 5) is 10.2. The van der Waals surface area contributed by atoms with E-state index in [1.165, 1.54) is 5.56 Å². The van der Waals surface area contributed by atoms with Crippen molar-refractivity contribution in [2.45, 2.75) is 26.2 Å². The summed E-state index contributed by atoms with van der Waals surface area (Å²) in [6.07, 6.45) is 1.88. The Hall–Kier alpha value is -5.57. The summed E-state index contributed by atoms with van der Waals surface area (Å²) in [6.45, 7) is 6.70. The minimum absolute atomic E-state index is 0. The molecule has 0 saturated heterocycles. The van der Waals surface area contributed by atoms with Gasteiger partial charge in [0.2, 0.25) is 0 Å². The minimum atomic E-state index is -0.126. The van der Waals surface area contributed by atoms with E-state index in [0.717, 1.165) is 61.4 Å². The molecule has 0 fully saturated rings. The number of nitrogens with zero attached hydrogens (tertiary/aromatic N) is 3. The molecule has 0 amide bonds. The second-order valence-corrected chi connectivity index (χ2v) is 13.6. The zero-order valence-electron chi connectivity index (χ0n) is 28.6. The fraction of sp³-hybridized carbons (Fsp3) is 0.0870. The van der Waals surface area contributed by atoms with Crippen LogP contribution in [0.25, 0.3) is 72.7 Å². The number of pyridine rings is 1. The number of benzene rings is 6. The van der Waals surface area contributed by atoms with Gasteiger partial charge in [-0.05, 0) is 52.4 Å². The second kappa shape index (κ2) is 14.0. The van der Waals surface area contributed by atoms with E-state index in [1.54, 1.807) is 6.07 Å². The molecule has 1 N–H and O–H groups in total. The molecule has 0 radical (unpaired) electrons. The number of aromatic nitrogens is 3. The number of hydrogen-bond donors (Lipinski definition) is 1. The van der Waals surface area contributed by atoms with E-state index >= 15 is 0 Å². The van der Waals surface area contributed by atoms with E-state index in [1.807, 2.05) is 36.5 Å². The molecule has 6 aromatic carbocycles. The van der Waals surface area contributed by atoms with E-state index in [4.69, 9.17) is 9.97 Å². The van der Waals surface area contributed by atoms with Gasteiger partial charge in [-0.2, -0.15) is 0 Å². The van der Waals surface area contributed by atoms with Crippen LogP contribution in [0.1, 0.15) is 26.3 Å². The van der Waals surface area contributed by atoms with Crippen molar-refractivity contribution >= 4 is 11.0 Å². The van der Waals surface area contributed by atoms with E-state index in [2.05, 4.69) is 147 Å². The Labute approximate surface area is 313 Å². The molecule has 252 valence electrons. The summed E-state index contributed by atoms with van der Waals surface area (Å²) in [5.41, 5.74) is 12.6. The van der Waals surface area contributed by atoms with E-state index in [0.29, 0.717) is 11.4 Å². The Morgan fingerprint density at radius 1 is 0.588 bits per heavy atom. The van der Waals surface area contributed by atoms with Gasteiger partial charge in [-0.3, -0.25) is 9.55 Å². The maximum Gasteiger partial charge on any atom is 0.148 e. The Kier molecular flexibility index (Phi) is 9.29. The van der Waals surface area contributed by atoms with E-state index in [9.17, 15) is 5.11 Å². The first-order chi connectivity index (χ1) is 24.3. The maximum absolute atomic E-state index is 11.2. The zero-order valence-corrected chi connectivity index (χ0v) is 30.9. The van der Waals surface area contributed by atoms with Crippen molar-refractivity contribution in [3.63, 3.8) is 0 Å². The first kappa shape index (κ1) is 33.9. The fourth-order valence-electron chi connectivity index (χ4n) is 6.61. The van der Waals surface area contributed by atoms with Crippen LogP contribution >= 0.6 is 0 Å². The van der Waals surface area contributed by atoms with Crippen LogP contribution in [0.3, 0.4) is 0 Å². The number of para-hydroxylation sites is 3. The third kappa shape index (κ3) is 6.56. The van der Waals surface area contributed by atoms with Crippen LogP contribution in [0, 0.1) is 6.07 Å². The molecule has 0 aliphatic heterocycles. The molecule has 0 aliphatic rings. The normalized spacial score (nSPS) is 11.4. The average Bonchev–Trinajstić information content (AvgIpc) is 3.55. The monoisotopic (exact) mass is 841 g/mol. The first-order valence-corrected chi connectivity index (χ1v) is 16.9. The van der Waals surface area contributed by atoms with Crippen molar-refractivity contribution in [2.24, 2.45) is 0 Å². The molecule has 0 bridgehead atoms. The minimum Gasteiger partial charge on any atom is -0.507 e. The quantitative estimate of drug-likeness (QED) is 0.170. The molecule has 4 nitrogen and oxygen atoms in total. The van der Waals surface area contributed by atoms with Crippen molar-refractivity contribution in [2.75, 3.05) is 0 Å². The van der Waals surface area contributed by atoms with Crippen molar-refractivity contribution < 1.29 is 26.2 Å². The van der Waals surface area contributed by atoms with Gasteiger partial charge in [-0.25, -0.2) is 4.98 Å². The van der Waals surface area contributed by atoms with Gasteiger partial charge in [0.1, 0.15) is 11.6 Å². The summed E-state index contributed by atoms with van der Waals surface area (Å²) >= 11 is 0. The van der Waals surface area contributed by atoms with Gasteiger partial charge < -0.3 is 5.11 Å². The summed E-state index contributed by atoms with van der Waals surface area (Å²) in [6, 6.07) is 55.3. The Bertz CT molecular complexity index is 2480. The Morgan fingerprint density at radius 3 is 1.94 bits per heavy atom. The number of aromatic hydroxyl groups is 1. The number of phenols is 1. The summed E-state index contributed by atoms with van der Waals surface area (Å²) in [5, 5.41) is 11.2. The number of imidazole rings is 1. The van der Waals surface area contributed by atoms with Crippen LogP contribution in [0.5, 0.6) is 5.75 Å². The first-order valence-electron chi connectivity index (χ1n) is 16.9. The molecule has 0 aliphatic carbocycles. The summed E-state index contributed by atoms with van der Waals surface area (Å²) in [7, 11) is 0. The molecule has 51 heavy (non-hydrogen) atoms. The van der Waals surface area contributed by atoms with Crippen LogP contribution in [-0.2, 0) is 26.5 Å². The third-order valence-electron chi connectivity index (χ3n) is 9.23. The van der Waals surface area contributed by atoms with Crippen molar-refractivity contribution in [3.05, 3.63) is 169 Å². The van der Waals surface area contributed by atoms with E-state index in [-0.39, 0.29) is 32.2 Å². The zero-order chi connectivity index (χ0) is 34.2. The molecule has 8 aromatic rings. The van der Waals surface area contributed by atoms with Crippen LogP contribution in [0.15, 0.2) is 158 Å². The SMILES string of the molecule is CC(C)(C)c1cc(-c2cc(-c3ccccc3)ccn2)[c-]c(-c2cccc3c2nc(-c2ccccc2O)n3-c2ccccc2-c2ccccc2)c1.[Pt]. The van der Waals surface area contributed by atoms with Crippen molar-refractivity contribution in [1.82, 2.24) is 14.5 Å². The van der Waals surface area contributed by atoms with E-state index < -0.39 is 0 Å². The largest absolute Gasteiger partial charge is 0.507 e. The number of fused-ring (bicyclic) bond motifs is 1. The Balaban J connectivity index is 0.00000406. The van der Waals surface area contributed by atoms with Gasteiger partial charge in [-0.15, -0.1) is 29.3 Å². The van der Waals surface area contributed by atoms with Gasteiger partial charge in [-0.1, -0.05) is 141 Å². The van der Waals surface area contributed by atoms with Crippen LogP contribution < -0.4 is 0 Å². The molecule has 0 atom stereocenters. The summed E-state index contributed by atoms with van der Waals surface area (Å²) < 4.78 is 2.18. The van der Waals surface area contributed by atoms with Gasteiger partial charge in [0.05, 0.1) is 22.3 Å².